The minimum absolute atomic E-state index is 0.169. The summed E-state index contributed by atoms with van der Waals surface area (Å²) < 4.78 is 39.6. The molecule has 0 aliphatic carbocycles. The van der Waals surface area contributed by atoms with Crippen LogP contribution in [0.3, 0.4) is 0 Å². The summed E-state index contributed by atoms with van der Waals surface area (Å²) in [7, 11) is 1.27. The molecule has 0 fully saturated rings. The molecule has 23 heavy (non-hydrogen) atoms. The number of alkyl halides is 3. The van der Waals surface area contributed by atoms with E-state index >= 15 is 0 Å². The van der Waals surface area contributed by atoms with Gasteiger partial charge in [0.15, 0.2) is 6.04 Å². The molecule has 0 heterocycles. The fourth-order valence-electron chi connectivity index (χ4n) is 1.73. The molecule has 0 aliphatic heterocycles. The number of nitrogens with zero attached hydrogens (tertiary/aromatic N) is 1. The second-order valence-corrected chi connectivity index (χ2v) is 5.45. The third kappa shape index (κ3) is 5.44. The zero-order chi connectivity index (χ0) is 17.8. The van der Waals surface area contributed by atoms with Crippen LogP contribution in [-0.2, 0) is 9.59 Å². The molecule has 0 saturated carbocycles. The highest BCUT2D eigenvalue weighted by Gasteiger charge is 2.43. The monoisotopic (exact) mass is 368 g/mol. The van der Waals surface area contributed by atoms with E-state index in [4.69, 9.17) is 23.2 Å². The first-order chi connectivity index (χ1) is 10.6. The van der Waals surface area contributed by atoms with Gasteiger partial charge in [0.05, 0.1) is 6.54 Å². The number of hydrogen-bond donors (Lipinski definition) is 1. The number of nitrogens with one attached hydrogen (secondary N) is 1. The van der Waals surface area contributed by atoms with Crippen molar-refractivity contribution in [3.8, 4) is 0 Å². The summed E-state index contributed by atoms with van der Waals surface area (Å²) in [6.45, 7) is 2.67. The summed E-state index contributed by atoms with van der Waals surface area (Å²) >= 11 is 11.4. The van der Waals surface area contributed by atoms with Crippen LogP contribution in [0.4, 0.5) is 13.2 Å². The smallest absolute Gasteiger partial charge is 0.339 e. The lowest BCUT2D eigenvalue weighted by molar-refractivity contribution is -0.163. The minimum Gasteiger partial charge on any atom is -0.339 e. The van der Waals surface area contributed by atoms with Crippen LogP contribution in [0.25, 0.3) is 0 Å². The van der Waals surface area contributed by atoms with Crippen LogP contribution in [0.15, 0.2) is 30.9 Å². The molecule has 0 radical (unpaired) electrons. The Hall–Kier alpha value is -1.73. The average molecular weight is 369 g/mol. The highest BCUT2D eigenvalue weighted by molar-refractivity contribution is 6.35. The molecule has 1 unspecified atom stereocenters. The highest BCUT2D eigenvalue weighted by Crippen LogP contribution is 2.37. The van der Waals surface area contributed by atoms with Gasteiger partial charge in [-0.2, -0.15) is 13.2 Å². The number of benzene rings is 1. The molecule has 0 aliphatic rings. The number of likely N-dealkylation sites (N-methyl/N-ethyl adjacent to an activating group) is 1. The van der Waals surface area contributed by atoms with Crippen LogP contribution < -0.4 is 5.32 Å². The van der Waals surface area contributed by atoms with Crippen molar-refractivity contribution in [2.75, 3.05) is 13.6 Å². The lowest BCUT2D eigenvalue weighted by Gasteiger charge is -2.24. The van der Waals surface area contributed by atoms with E-state index < -0.39 is 30.6 Å². The summed E-state index contributed by atoms with van der Waals surface area (Å²) in [5.41, 5.74) is -0.338. The SMILES string of the molecule is C=CC(=O)N(C)CC(=O)NC(c1ccc(Cl)cc1Cl)C(F)(F)F. The first kappa shape index (κ1) is 19.3. The summed E-state index contributed by atoms with van der Waals surface area (Å²) in [6.07, 6.45) is -3.82. The molecule has 0 aromatic heterocycles. The topological polar surface area (TPSA) is 49.4 Å². The van der Waals surface area contributed by atoms with E-state index in [1.165, 1.54) is 13.1 Å². The quantitative estimate of drug-likeness (QED) is 0.810. The molecule has 126 valence electrons. The van der Waals surface area contributed by atoms with Gasteiger partial charge < -0.3 is 10.2 Å². The molecule has 1 aromatic carbocycles. The number of hydrogen-bond acceptors (Lipinski definition) is 2. The second-order valence-electron chi connectivity index (χ2n) is 4.61. The number of carbonyl (C=O) groups excluding carboxylic acids is 2. The van der Waals surface area contributed by atoms with Crippen LogP contribution in [0.5, 0.6) is 0 Å². The van der Waals surface area contributed by atoms with Gasteiger partial charge in [0.25, 0.3) is 0 Å². The Morgan fingerprint density at radius 1 is 1.39 bits per heavy atom. The van der Waals surface area contributed by atoms with Crippen LogP contribution in [-0.4, -0.2) is 36.5 Å². The Balaban J connectivity index is 2.99. The van der Waals surface area contributed by atoms with Crippen LogP contribution in [0, 0.1) is 0 Å². The second kappa shape index (κ2) is 7.70. The van der Waals surface area contributed by atoms with Gasteiger partial charge in [-0.3, -0.25) is 9.59 Å². The van der Waals surface area contributed by atoms with Gasteiger partial charge in [0.1, 0.15) is 0 Å². The highest BCUT2D eigenvalue weighted by atomic mass is 35.5. The van der Waals surface area contributed by atoms with E-state index in [1.54, 1.807) is 0 Å². The Bertz CT molecular complexity index is 621. The number of carbonyl (C=O) groups is 2. The molecule has 2 amide bonds. The van der Waals surface area contributed by atoms with Crippen molar-refractivity contribution < 1.29 is 22.8 Å². The minimum atomic E-state index is -4.77. The summed E-state index contributed by atoms with van der Waals surface area (Å²) in [4.78, 5) is 24.0. The third-order valence-electron chi connectivity index (χ3n) is 2.84. The molecular weight excluding hydrogens is 356 g/mol. The standard InChI is InChI=1S/C14H13Cl2F3N2O2/c1-3-12(23)21(2)7-11(22)20-13(14(17,18)19)9-5-4-8(15)6-10(9)16/h3-6,13H,1,7H2,2H3,(H,20,22). The van der Waals surface area contributed by atoms with Crippen molar-refractivity contribution in [3.63, 3.8) is 0 Å². The fraction of sp³-hybridized carbons (Fsp3) is 0.286. The molecule has 0 saturated heterocycles. The average Bonchev–Trinajstić information content (AvgIpc) is 2.43. The Morgan fingerprint density at radius 3 is 2.48 bits per heavy atom. The van der Waals surface area contributed by atoms with Crippen LogP contribution in [0.1, 0.15) is 11.6 Å². The van der Waals surface area contributed by atoms with E-state index in [0.29, 0.717) is 0 Å². The Labute approximate surface area is 140 Å². The summed E-state index contributed by atoms with van der Waals surface area (Å²) in [5.74, 6) is -1.58. The Morgan fingerprint density at radius 2 is 2.00 bits per heavy atom. The maximum Gasteiger partial charge on any atom is 0.412 e. The first-order valence-electron chi connectivity index (χ1n) is 6.24. The van der Waals surface area contributed by atoms with Gasteiger partial charge in [0.2, 0.25) is 11.8 Å². The Kier molecular flexibility index (Phi) is 6.47. The largest absolute Gasteiger partial charge is 0.412 e. The number of amides is 2. The van der Waals surface area contributed by atoms with E-state index in [2.05, 4.69) is 6.58 Å². The lowest BCUT2D eigenvalue weighted by Crippen LogP contribution is -2.43. The predicted octanol–water partition coefficient (Wildman–Crippen LogP) is 3.36. The van der Waals surface area contributed by atoms with Gasteiger partial charge in [-0.1, -0.05) is 35.8 Å². The van der Waals surface area contributed by atoms with E-state index in [9.17, 15) is 22.8 Å². The molecule has 1 rings (SSSR count). The van der Waals surface area contributed by atoms with Crippen molar-refractivity contribution in [2.45, 2.75) is 12.2 Å². The molecular formula is C14H13Cl2F3N2O2. The zero-order valence-corrected chi connectivity index (χ0v) is 13.5. The summed E-state index contributed by atoms with van der Waals surface area (Å²) in [5, 5.41) is 1.77. The van der Waals surface area contributed by atoms with Crippen molar-refractivity contribution >= 4 is 35.0 Å². The van der Waals surface area contributed by atoms with E-state index in [1.807, 2.05) is 5.32 Å². The third-order valence-corrected chi connectivity index (χ3v) is 3.40. The molecule has 0 spiro atoms. The molecule has 1 aromatic rings. The summed E-state index contributed by atoms with van der Waals surface area (Å²) in [6, 6.07) is 1.16. The molecule has 4 nitrogen and oxygen atoms in total. The van der Waals surface area contributed by atoms with Crippen molar-refractivity contribution in [1.82, 2.24) is 10.2 Å². The molecule has 0 bridgehead atoms. The predicted molar refractivity (Wildman–Crippen MR) is 81.2 cm³/mol. The van der Waals surface area contributed by atoms with Gasteiger partial charge in [-0.05, 0) is 18.2 Å². The van der Waals surface area contributed by atoms with Gasteiger partial charge in [-0.15, -0.1) is 0 Å². The van der Waals surface area contributed by atoms with Crippen molar-refractivity contribution in [1.29, 1.82) is 0 Å². The van der Waals surface area contributed by atoms with Crippen LogP contribution in [0.2, 0.25) is 10.0 Å². The van der Waals surface area contributed by atoms with Gasteiger partial charge >= 0.3 is 6.18 Å². The maximum absolute atomic E-state index is 13.2. The van der Waals surface area contributed by atoms with E-state index in [-0.39, 0.29) is 15.6 Å². The van der Waals surface area contributed by atoms with Crippen molar-refractivity contribution in [2.24, 2.45) is 0 Å². The van der Waals surface area contributed by atoms with E-state index in [0.717, 1.165) is 23.1 Å². The van der Waals surface area contributed by atoms with Crippen LogP contribution >= 0.6 is 23.2 Å². The number of rotatable bonds is 5. The van der Waals surface area contributed by atoms with Gasteiger partial charge in [-0.25, -0.2) is 0 Å². The fourth-order valence-corrected chi connectivity index (χ4v) is 2.24. The maximum atomic E-state index is 13.2. The first-order valence-corrected chi connectivity index (χ1v) is 7.00. The van der Waals surface area contributed by atoms with Gasteiger partial charge in [0, 0.05) is 22.7 Å². The molecule has 9 heteroatoms. The molecule has 1 N–H and O–H groups in total. The van der Waals surface area contributed by atoms with Crippen molar-refractivity contribution in [3.05, 3.63) is 46.5 Å². The molecule has 1 atom stereocenters. The zero-order valence-electron chi connectivity index (χ0n) is 12.0. The normalized spacial score (nSPS) is 12.4. The number of halogens is 5. The lowest BCUT2D eigenvalue weighted by atomic mass is 10.1.